The fourth-order valence-corrected chi connectivity index (χ4v) is 3.18. The summed E-state index contributed by atoms with van der Waals surface area (Å²) >= 11 is 0. The zero-order chi connectivity index (χ0) is 28.2. The minimum absolute atomic E-state index is 0.146. The maximum absolute atomic E-state index is 13.3. The molecule has 4 amide bonds. The molecule has 0 heterocycles. The number of rotatable bonds is 12. The lowest BCUT2D eigenvalue weighted by Crippen LogP contribution is -2.58. The fourth-order valence-electron chi connectivity index (χ4n) is 3.18. The van der Waals surface area contributed by atoms with E-state index in [1.54, 1.807) is 65.8 Å². The third kappa shape index (κ3) is 12.2. The molecule has 11 nitrogen and oxygen atoms in total. The summed E-state index contributed by atoms with van der Waals surface area (Å²) in [6.07, 6.45) is -0.621. The molecule has 0 aliphatic carbocycles. The molecule has 11 heteroatoms. The van der Waals surface area contributed by atoms with Crippen LogP contribution in [0.2, 0.25) is 0 Å². The molecule has 1 aromatic carbocycles. The Kier molecular flexibility index (Phi) is 12.6. The Morgan fingerprint density at radius 2 is 1.49 bits per heavy atom. The first-order chi connectivity index (χ1) is 17.2. The molecule has 1 rings (SSSR count). The number of alkyl carbamates (subject to hydrolysis) is 1. The Labute approximate surface area is 218 Å². The van der Waals surface area contributed by atoms with Crippen molar-refractivity contribution in [2.24, 2.45) is 5.92 Å². The van der Waals surface area contributed by atoms with Gasteiger partial charge < -0.3 is 30.7 Å². The van der Waals surface area contributed by atoms with Gasteiger partial charge in [0.25, 0.3) is 0 Å². The quantitative estimate of drug-likeness (QED) is 0.304. The van der Waals surface area contributed by atoms with Crippen molar-refractivity contribution in [3.05, 3.63) is 35.9 Å². The predicted octanol–water partition coefficient (Wildman–Crippen LogP) is 1.45. The van der Waals surface area contributed by atoms with Gasteiger partial charge in [0.15, 0.2) is 0 Å². The number of hydrogen-bond acceptors (Lipinski definition) is 7. The number of amides is 4. The number of hydrogen-bond donors (Lipinski definition) is 4. The average molecular weight is 521 g/mol. The lowest BCUT2D eigenvalue weighted by molar-refractivity contribution is -0.143. The van der Waals surface area contributed by atoms with Crippen molar-refractivity contribution in [3.63, 3.8) is 0 Å². The normalized spacial score (nSPS) is 13.5. The van der Waals surface area contributed by atoms with Gasteiger partial charge in [-0.25, -0.2) is 4.79 Å². The van der Waals surface area contributed by atoms with Gasteiger partial charge in [0, 0.05) is 6.42 Å². The molecule has 0 bridgehead atoms. The smallest absolute Gasteiger partial charge is 0.408 e. The van der Waals surface area contributed by atoms with Crippen LogP contribution in [-0.2, 0) is 35.1 Å². The van der Waals surface area contributed by atoms with Crippen molar-refractivity contribution in [2.75, 3.05) is 13.2 Å². The molecule has 0 saturated carbocycles. The lowest BCUT2D eigenvalue weighted by atomic mass is 10.0. The van der Waals surface area contributed by atoms with Crippen LogP contribution in [0.5, 0.6) is 0 Å². The third-order valence-corrected chi connectivity index (χ3v) is 5.00. The van der Waals surface area contributed by atoms with E-state index in [9.17, 15) is 24.0 Å². The first kappa shape index (κ1) is 31.4. The summed E-state index contributed by atoms with van der Waals surface area (Å²) in [5.41, 5.74) is 0.0407. The van der Waals surface area contributed by atoms with E-state index in [1.807, 2.05) is 6.07 Å². The number of benzene rings is 1. The van der Waals surface area contributed by atoms with Crippen molar-refractivity contribution in [1.82, 2.24) is 21.3 Å². The van der Waals surface area contributed by atoms with Gasteiger partial charge in [0.2, 0.25) is 17.7 Å². The van der Waals surface area contributed by atoms with Crippen LogP contribution in [0.25, 0.3) is 0 Å². The Bertz CT molecular complexity index is 929. The number of esters is 1. The summed E-state index contributed by atoms with van der Waals surface area (Å²) in [4.78, 5) is 62.5. The van der Waals surface area contributed by atoms with Crippen LogP contribution in [0, 0.1) is 5.92 Å². The molecule has 37 heavy (non-hydrogen) atoms. The van der Waals surface area contributed by atoms with Gasteiger partial charge in [-0.3, -0.25) is 19.2 Å². The van der Waals surface area contributed by atoms with E-state index in [0.717, 1.165) is 5.56 Å². The second-order valence-electron chi connectivity index (χ2n) is 9.87. The highest BCUT2D eigenvalue weighted by atomic mass is 16.6. The van der Waals surface area contributed by atoms with Crippen LogP contribution in [0.4, 0.5) is 4.79 Å². The van der Waals surface area contributed by atoms with E-state index in [1.165, 1.54) is 6.92 Å². The zero-order valence-corrected chi connectivity index (χ0v) is 22.7. The molecule has 4 N–H and O–H groups in total. The van der Waals surface area contributed by atoms with Gasteiger partial charge in [-0.1, -0.05) is 44.2 Å². The predicted molar refractivity (Wildman–Crippen MR) is 137 cm³/mol. The molecule has 206 valence electrons. The molecule has 3 atom stereocenters. The second kappa shape index (κ2) is 14.8. The number of carbonyl (C=O) groups is 5. The summed E-state index contributed by atoms with van der Waals surface area (Å²) in [5.74, 6) is -2.65. The second-order valence-corrected chi connectivity index (χ2v) is 9.87. The van der Waals surface area contributed by atoms with Crippen LogP contribution < -0.4 is 21.3 Å². The molecule has 0 unspecified atom stereocenters. The number of nitrogens with one attached hydrogen (secondary N) is 4. The van der Waals surface area contributed by atoms with Gasteiger partial charge in [-0.05, 0) is 46.1 Å². The van der Waals surface area contributed by atoms with Crippen molar-refractivity contribution in [1.29, 1.82) is 0 Å². The molecular weight excluding hydrogens is 480 g/mol. The first-order valence-electron chi connectivity index (χ1n) is 12.3. The minimum atomic E-state index is -1.04. The van der Waals surface area contributed by atoms with E-state index < -0.39 is 53.5 Å². The van der Waals surface area contributed by atoms with Gasteiger partial charge in [-0.15, -0.1) is 0 Å². The van der Waals surface area contributed by atoms with Crippen LogP contribution in [0.1, 0.15) is 54.0 Å². The maximum atomic E-state index is 13.3. The van der Waals surface area contributed by atoms with Crippen LogP contribution in [0.3, 0.4) is 0 Å². The fraction of sp³-hybridized carbons (Fsp3) is 0.577. The molecule has 1 aromatic rings. The highest BCUT2D eigenvalue weighted by Crippen LogP contribution is 2.09. The van der Waals surface area contributed by atoms with E-state index in [-0.39, 0.29) is 25.5 Å². The Morgan fingerprint density at radius 1 is 0.865 bits per heavy atom. The van der Waals surface area contributed by atoms with E-state index in [4.69, 9.17) is 9.47 Å². The Balaban J connectivity index is 2.97. The van der Waals surface area contributed by atoms with Gasteiger partial charge >= 0.3 is 12.1 Å². The largest absolute Gasteiger partial charge is 0.465 e. The molecule has 0 aromatic heterocycles. The summed E-state index contributed by atoms with van der Waals surface area (Å²) in [5, 5.41) is 10.2. The van der Waals surface area contributed by atoms with E-state index >= 15 is 0 Å². The highest BCUT2D eigenvalue weighted by molar-refractivity contribution is 5.94. The average Bonchev–Trinajstić information content (AvgIpc) is 2.79. The maximum Gasteiger partial charge on any atom is 0.408 e. The Hall–Kier alpha value is -3.63. The van der Waals surface area contributed by atoms with Crippen molar-refractivity contribution < 1.29 is 33.4 Å². The molecule has 0 aliphatic rings. The van der Waals surface area contributed by atoms with Crippen LogP contribution in [-0.4, -0.2) is 66.7 Å². The van der Waals surface area contributed by atoms with Gasteiger partial charge in [0.1, 0.15) is 30.3 Å². The van der Waals surface area contributed by atoms with E-state index in [0.29, 0.717) is 0 Å². The molecule has 0 fully saturated rings. The van der Waals surface area contributed by atoms with Crippen molar-refractivity contribution >= 4 is 29.8 Å². The number of carbonyl (C=O) groups excluding carboxylic acids is 5. The molecule has 0 spiro atoms. The molecule has 0 radical (unpaired) electrons. The zero-order valence-electron chi connectivity index (χ0n) is 22.7. The summed E-state index contributed by atoms with van der Waals surface area (Å²) < 4.78 is 9.99. The Morgan fingerprint density at radius 3 is 2.03 bits per heavy atom. The molecule has 0 aliphatic heterocycles. The summed E-state index contributed by atoms with van der Waals surface area (Å²) in [7, 11) is 0. The van der Waals surface area contributed by atoms with Crippen LogP contribution in [0.15, 0.2) is 30.3 Å². The number of ether oxygens (including phenoxy) is 2. The molecule has 0 saturated heterocycles. The third-order valence-electron chi connectivity index (χ3n) is 5.00. The van der Waals surface area contributed by atoms with Gasteiger partial charge in [-0.2, -0.15) is 0 Å². The highest BCUT2D eigenvalue weighted by Gasteiger charge is 2.30. The van der Waals surface area contributed by atoms with Crippen molar-refractivity contribution in [3.8, 4) is 0 Å². The molecular formula is C26H40N4O7. The van der Waals surface area contributed by atoms with Crippen molar-refractivity contribution in [2.45, 2.75) is 78.6 Å². The van der Waals surface area contributed by atoms with Crippen LogP contribution >= 0.6 is 0 Å². The SMILES string of the molecule is CCOC(=O)CNC(=O)[C@@H](NC(=O)[C@H](Cc1ccccc1)NC(=O)[C@H](C)NC(=O)OC(C)(C)C)C(C)C. The minimum Gasteiger partial charge on any atom is -0.465 e. The first-order valence-corrected chi connectivity index (χ1v) is 12.3. The monoisotopic (exact) mass is 520 g/mol. The summed E-state index contributed by atoms with van der Waals surface area (Å²) in [6.45, 7) is 11.6. The topological polar surface area (TPSA) is 152 Å². The van der Waals surface area contributed by atoms with E-state index in [2.05, 4.69) is 21.3 Å². The lowest BCUT2D eigenvalue weighted by Gasteiger charge is -2.26. The summed E-state index contributed by atoms with van der Waals surface area (Å²) in [6, 6.07) is 6.05. The van der Waals surface area contributed by atoms with Gasteiger partial charge in [0.05, 0.1) is 6.61 Å². The standard InChI is InChI=1S/C26H40N4O7/c1-8-36-20(31)15-27-24(34)21(16(2)3)30-23(33)19(14-18-12-10-9-11-13-18)29-22(32)17(4)28-25(35)37-26(5,6)7/h9-13,16-17,19,21H,8,14-15H2,1-7H3,(H,27,34)(H,28,35)(H,29,32)(H,30,33)/t17-,19-,21-/m0/s1.